The summed E-state index contributed by atoms with van der Waals surface area (Å²) in [5.41, 5.74) is 2.05. The van der Waals surface area contributed by atoms with Gasteiger partial charge in [-0.1, -0.05) is 50.2 Å². The van der Waals surface area contributed by atoms with Crippen molar-refractivity contribution in [3.8, 4) is 22.9 Å². The van der Waals surface area contributed by atoms with Crippen molar-refractivity contribution in [3.63, 3.8) is 0 Å². The summed E-state index contributed by atoms with van der Waals surface area (Å²) in [7, 11) is 3.28. The van der Waals surface area contributed by atoms with Gasteiger partial charge in [-0.25, -0.2) is 0 Å². The molecule has 31 heavy (non-hydrogen) atoms. The molecule has 1 aromatic heterocycles. The quantitative estimate of drug-likeness (QED) is 0.558. The summed E-state index contributed by atoms with van der Waals surface area (Å²) in [5.74, 6) is 1.97. The molecule has 7 heteroatoms. The number of carbonyl (C=O) groups excluding carboxylic acids is 1. The molecule has 1 atom stereocenters. The van der Waals surface area contributed by atoms with Crippen LogP contribution in [0.5, 0.6) is 11.5 Å². The van der Waals surface area contributed by atoms with Gasteiger partial charge in [-0.3, -0.25) is 4.79 Å². The molecular formula is C24H29N3O4. The Labute approximate surface area is 183 Å². The number of hydrogen-bond acceptors (Lipinski definition) is 6. The highest BCUT2D eigenvalue weighted by atomic mass is 16.5. The summed E-state index contributed by atoms with van der Waals surface area (Å²) in [4.78, 5) is 18.6. The molecule has 0 aliphatic carbocycles. The number of benzene rings is 2. The topological polar surface area (TPSA) is 77.7 Å². The average Bonchev–Trinajstić information content (AvgIpc) is 3.21. The molecule has 0 unspecified atom stereocenters. The summed E-state index contributed by atoms with van der Waals surface area (Å²) >= 11 is 0. The van der Waals surface area contributed by atoms with Gasteiger partial charge in [0.2, 0.25) is 11.7 Å². The molecule has 0 aliphatic rings. The number of rotatable bonds is 7. The van der Waals surface area contributed by atoms with Gasteiger partial charge in [0.1, 0.15) is 11.5 Å². The first kappa shape index (κ1) is 22.3. The number of methoxy groups -OCH3 is 1. The molecule has 1 amide bonds. The van der Waals surface area contributed by atoms with Crippen molar-refractivity contribution in [2.75, 3.05) is 14.2 Å². The number of carbonyl (C=O) groups is 1. The van der Waals surface area contributed by atoms with E-state index in [1.165, 1.54) is 10.5 Å². The molecule has 0 saturated carbocycles. The molecule has 0 fully saturated rings. The summed E-state index contributed by atoms with van der Waals surface area (Å²) < 4.78 is 16.4. The Hall–Kier alpha value is -3.35. The maximum Gasteiger partial charge on any atom is 0.263 e. The Kier molecular flexibility index (Phi) is 6.63. The van der Waals surface area contributed by atoms with Crippen LogP contribution in [0, 0.1) is 0 Å². The number of aromatic nitrogens is 2. The highest BCUT2D eigenvalue weighted by Gasteiger charge is 2.22. The van der Waals surface area contributed by atoms with E-state index < -0.39 is 6.10 Å². The largest absolute Gasteiger partial charge is 0.497 e. The first-order chi connectivity index (χ1) is 14.7. The minimum atomic E-state index is -0.647. The van der Waals surface area contributed by atoms with Gasteiger partial charge in [-0.15, -0.1) is 0 Å². The molecule has 0 bridgehead atoms. The SMILES string of the molecule is COc1cccc(-c2noc(CN(C)C(=O)[C@H](C)Oc3ccc(C(C)(C)C)cc3)n2)c1. The zero-order chi connectivity index (χ0) is 22.6. The molecule has 164 valence electrons. The minimum Gasteiger partial charge on any atom is -0.497 e. The van der Waals surface area contributed by atoms with E-state index in [0.717, 1.165) is 5.56 Å². The van der Waals surface area contributed by atoms with Gasteiger partial charge in [0.25, 0.3) is 5.91 Å². The monoisotopic (exact) mass is 423 g/mol. The lowest BCUT2D eigenvalue weighted by Crippen LogP contribution is -2.37. The van der Waals surface area contributed by atoms with Gasteiger partial charge in [-0.05, 0) is 42.2 Å². The van der Waals surface area contributed by atoms with Crippen molar-refractivity contribution in [1.82, 2.24) is 15.0 Å². The lowest BCUT2D eigenvalue weighted by molar-refractivity contribution is -0.137. The third kappa shape index (κ3) is 5.63. The van der Waals surface area contributed by atoms with E-state index in [1.54, 1.807) is 21.1 Å². The van der Waals surface area contributed by atoms with Crippen molar-refractivity contribution >= 4 is 5.91 Å². The van der Waals surface area contributed by atoms with E-state index in [0.29, 0.717) is 23.2 Å². The maximum absolute atomic E-state index is 12.7. The third-order valence-corrected chi connectivity index (χ3v) is 4.93. The molecule has 7 nitrogen and oxygen atoms in total. The number of ether oxygens (including phenoxy) is 2. The second-order valence-corrected chi connectivity index (χ2v) is 8.47. The van der Waals surface area contributed by atoms with Gasteiger partial charge >= 0.3 is 0 Å². The molecule has 1 heterocycles. The fourth-order valence-electron chi connectivity index (χ4n) is 3.08. The van der Waals surface area contributed by atoms with Gasteiger partial charge < -0.3 is 18.9 Å². The zero-order valence-corrected chi connectivity index (χ0v) is 18.9. The predicted molar refractivity (Wildman–Crippen MR) is 118 cm³/mol. The van der Waals surface area contributed by atoms with Crippen LogP contribution >= 0.6 is 0 Å². The van der Waals surface area contributed by atoms with E-state index in [-0.39, 0.29) is 17.9 Å². The smallest absolute Gasteiger partial charge is 0.263 e. The summed E-state index contributed by atoms with van der Waals surface area (Å²) in [6.45, 7) is 8.38. The van der Waals surface area contributed by atoms with Crippen LogP contribution in [0.3, 0.4) is 0 Å². The van der Waals surface area contributed by atoms with E-state index in [2.05, 4.69) is 30.9 Å². The van der Waals surface area contributed by atoms with Crippen molar-refractivity contribution in [1.29, 1.82) is 0 Å². The normalized spacial score (nSPS) is 12.3. The number of amides is 1. The number of likely N-dealkylation sites (N-methyl/N-ethyl adjacent to an activating group) is 1. The third-order valence-electron chi connectivity index (χ3n) is 4.93. The summed E-state index contributed by atoms with van der Waals surface area (Å²) in [6.07, 6.45) is -0.647. The second kappa shape index (κ2) is 9.20. The second-order valence-electron chi connectivity index (χ2n) is 8.47. The Morgan fingerprint density at radius 2 is 1.84 bits per heavy atom. The van der Waals surface area contributed by atoms with Gasteiger partial charge in [-0.2, -0.15) is 4.98 Å². The zero-order valence-electron chi connectivity index (χ0n) is 18.9. The lowest BCUT2D eigenvalue weighted by atomic mass is 9.87. The molecule has 2 aromatic carbocycles. The van der Waals surface area contributed by atoms with Crippen LogP contribution < -0.4 is 9.47 Å². The van der Waals surface area contributed by atoms with Crippen LogP contribution in [0.2, 0.25) is 0 Å². The summed E-state index contributed by atoms with van der Waals surface area (Å²) in [6, 6.07) is 15.2. The molecule has 0 saturated heterocycles. The minimum absolute atomic E-state index is 0.0635. The van der Waals surface area contributed by atoms with Crippen molar-refractivity contribution in [3.05, 3.63) is 60.0 Å². The van der Waals surface area contributed by atoms with Crippen LogP contribution in [-0.2, 0) is 16.8 Å². The highest BCUT2D eigenvalue weighted by molar-refractivity contribution is 5.80. The van der Waals surface area contributed by atoms with Crippen LogP contribution in [-0.4, -0.2) is 41.2 Å². The molecule has 0 spiro atoms. The first-order valence-corrected chi connectivity index (χ1v) is 10.2. The van der Waals surface area contributed by atoms with E-state index in [1.807, 2.05) is 48.5 Å². The average molecular weight is 424 g/mol. The molecule has 3 rings (SSSR count). The molecule has 3 aromatic rings. The Morgan fingerprint density at radius 1 is 1.13 bits per heavy atom. The van der Waals surface area contributed by atoms with Crippen molar-refractivity contribution in [2.24, 2.45) is 0 Å². The molecular weight excluding hydrogens is 394 g/mol. The fraction of sp³-hybridized carbons (Fsp3) is 0.375. The molecule has 0 aliphatic heterocycles. The Bertz CT molecular complexity index is 1020. The molecule has 0 radical (unpaired) electrons. The standard InChI is InChI=1S/C24H29N3O4/c1-16(30-19-12-10-18(11-13-19)24(2,3)4)23(28)27(5)15-21-25-22(26-31-21)17-8-7-9-20(14-17)29-6/h7-14,16H,15H2,1-6H3/t16-/m0/s1. The van der Waals surface area contributed by atoms with Gasteiger partial charge in [0.15, 0.2) is 6.10 Å². The lowest BCUT2D eigenvalue weighted by Gasteiger charge is -2.22. The van der Waals surface area contributed by atoms with Gasteiger partial charge in [0.05, 0.1) is 13.7 Å². The maximum atomic E-state index is 12.7. The van der Waals surface area contributed by atoms with E-state index >= 15 is 0 Å². The summed E-state index contributed by atoms with van der Waals surface area (Å²) in [5, 5.41) is 4.00. The molecule has 0 N–H and O–H groups in total. The van der Waals surface area contributed by atoms with Crippen molar-refractivity contribution in [2.45, 2.75) is 45.8 Å². The number of hydrogen-bond donors (Lipinski definition) is 0. The number of nitrogens with zero attached hydrogens (tertiary/aromatic N) is 3. The van der Waals surface area contributed by atoms with Crippen LogP contribution in [0.1, 0.15) is 39.1 Å². The van der Waals surface area contributed by atoms with Crippen LogP contribution in [0.25, 0.3) is 11.4 Å². The predicted octanol–water partition coefficient (Wildman–Crippen LogP) is 4.47. The van der Waals surface area contributed by atoms with Crippen molar-refractivity contribution < 1.29 is 18.8 Å². The van der Waals surface area contributed by atoms with Crippen LogP contribution in [0.4, 0.5) is 0 Å². The Balaban J connectivity index is 1.60. The Morgan fingerprint density at radius 3 is 2.48 bits per heavy atom. The first-order valence-electron chi connectivity index (χ1n) is 10.2. The van der Waals surface area contributed by atoms with Gasteiger partial charge in [0, 0.05) is 12.6 Å². The van der Waals surface area contributed by atoms with E-state index in [4.69, 9.17) is 14.0 Å². The highest BCUT2D eigenvalue weighted by Crippen LogP contribution is 2.25. The van der Waals surface area contributed by atoms with E-state index in [9.17, 15) is 4.79 Å². The fourth-order valence-corrected chi connectivity index (χ4v) is 3.08. The van der Waals surface area contributed by atoms with Crippen LogP contribution in [0.15, 0.2) is 53.1 Å².